The molecule has 0 aromatic carbocycles. The molecule has 0 aliphatic rings. The summed E-state index contributed by atoms with van der Waals surface area (Å²) in [4.78, 5) is 0. The lowest BCUT2D eigenvalue weighted by molar-refractivity contribution is 0.204. The van der Waals surface area contributed by atoms with Crippen molar-refractivity contribution in [3.63, 3.8) is 0 Å². The molecule has 0 heterocycles. The van der Waals surface area contributed by atoms with E-state index in [1.54, 1.807) is 6.92 Å². The van der Waals surface area contributed by atoms with Gasteiger partial charge >= 0.3 is 0 Å². The molecule has 0 spiro atoms. The molecule has 0 aromatic rings. The quantitative estimate of drug-likeness (QED) is 0.470. The first kappa shape index (κ1) is 5.63. The van der Waals surface area contributed by atoms with E-state index in [1.807, 2.05) is 0 Å². The van der Waals surface area contributed by atoms with Gasteiger partial charge in [0.1, 0.15) is 0 Å². The van der Waals surface area contributed by atoms with Crippen molar-refractivity contribution in [1.29, 1.82) is 5.41 Å². The standard InChI is InChI=1S/C4H9NO/c1-4(6)2-3-5/h3-6H,2H2,1H3. The molecular formula is C4H9NO. The molecule has 0 bridgehead atoms. The Labute approximate surface area is 37.3 Å². The van der Waals surface area contributed by atoms with Crippen LogP contribution in [0.5, 0.6) is 0 Å². The zero-order valence-corrected chi connectivity index (χ0v) is 3.81. The number of rotatable bonds is 2. The second-order valence-corrected chi connectivity index (χ2v) is 1.29. The largest absolute Gasteiger partial charge is 0.393 e. The van der Waals surface area contributed by atoms with E-state index in [2.05, 4.69) is 0 Å². The Hall–Kier alpha value is -0.370. The van der Waals surface area contributed by atoms with E-state index in [0.717, 1.165) is 0 Å². The van der Waals surface area contributed by atoms with Crippen LogP contribution in [-0.4, -0.2) is 17.4 Å². The molecular weight excluding hydrogens is 78.0 g/mol. The molecule has 0 amide bonds. The Bertz CT molecular complexity index is 42.8. The Morgan fingerprint density at radius 2 is 2.50 bits per heavy atom. The first-order valence-corrected chi connectivity index (χ1v) is 1.94. The highest BCUT2D eigenvalue weighted by Crippen LogP contribution is 1.80. The Kier molecular flexibility index (Phi) is 2.67. The minimum absolute atomic E-state index is 0.345. The van der Waals surface area contributed by atoms with E-state index < -0.39 is 0 Å². The summed E-state index contributed by atoms with van der Waals surface area (Å²) in [7, 11) is 0. The number of aliphatic hydroxyl groups excluding tert-OH is 1. The van der Waals surface area contributed by atoms with Gasteiger partial charge in [0.15, 0.2) is 0 Å². The van der Waals surface area contributed by atoms with E-state index in [0.29, 0.717) is 6.42 Å². The normalized spacial score (nSPS) is 13.7. The molecule has 0 rings (SSSR count). The molecule has 0 aromatic heterocycles. The Morgan fingerprint density at radius 3 is 2.50 bits per heavy atom. The van der Waals surface area contributed by atoms with Gasteiger partial charge < -0.3 is 10.5 Å². The number of hydrogen-bond donors (Lipinski definition) is 2. The van der Waals surface area contributed by atoms with Gasteiger partial charge in [0.05, 0.1) is 6.10 Å². The van der Waals surface area contributed by atoms with Gasteiger partial charge in [0, 0.05) is 6.42 Å². The first-order valence-electron chi connectivity index (χ1n) is 1.94. The van der Waals surface area contributed by atoms with Crippen molar-refractivity contribution in [1.82, 2.24) is 0 Å². The van der Waals surface area contributed by atoms with Gasteiger partial charge in [-0.25, -0.2) is 0 Å². The van der Waals surface area contributed by atoms with Crippen LogP contribution < -0.4 is 0 Å². The van der Waals surface area contributed by atoms with Gasteiger partial charge in [0.25, 0.3) is 0 Å². The summed E-state index contributed by atoms with van der Waals surface area (Å²) >= 11 is 0. The van der Waals surface area contributed by atoms with Crippen LogP contribution in [-0.2, 0) is 0 Å². The lowest BCUT2D eigenvalue weighted by atomic mass is 10.3. The SMILES string of the molecule is CC(O)CC=N. The van der Waals surface area contributed by atoms with Crippen LogP contribution in [0.15, 0.2) is 0 Å². The van der Waals surface area contributed by atoms with Gasteiger partial charge in [-0.1, -0.05) is 0 Å². The molecule has 1 atom stereocenters. The van der Waals surface area contributed by atoms with Crippen LogP contribution in [0.1, 0.15) is 13.3 Å². The van der Waals surface area contributed by atoms with Crippen LogP contribution in [0.3, 0.4) is 0 Å². The van der Waals surface area contributed by atoms with E-state index in [9.17, 15) is 0 Å². The molecule has 0 saturated carbocycles. The van der Waals surface area contributed by atoms with Gasteiger partial charge in [-0.2, -0.15) is 0 Å². The highest BCUT2D eigenvalue weighted by atomic mass is 16.3. The zero-order chi connectivity index (χ0) is 4.99. The molecule has 0 aliphatic carbocycles. The fourth-order valence-corrected chi connectivity index (χ4v) is 0.171. The van der Waals surface area contributed by atoms with Crippen molar-refractivity contribution in [2.45, 2.75) is 19.4 Å². The maximum Gasteiger partial charge on any atom is 0.0561 e. The van der Waals surface area contributed by atoms with Crippen molar-refractivity contribution >= 4 is 6.21 Å². The van der Waals surface area contributed by atoms with Crippen LogP contribution in [0.2, 0.25) is 0 Å². The second-order valence-electron chi connectivity index (χ2n) is 1.29. The smallest absolute Gasteiger partial charge is 0.0561 e. The topological polar surface area (TPSA) is 44.1 Å². The molecule has 2 N–H and O–H groups in total. The van der Waals surface area contributed by atoms with E-state index in [4.69, 9.17) is 10.5 Å². The van der Waals surface area contributed by atoms with Crippen molar-refractivity contribution in [3.8, 4) is 0 Å². The molecule has 2 nitrogen and oxygen atoms in total. The summed E-state index contributed by atoms with van der Waals surface area (Å²) in [5.74, 6) is 0. The summed E-state index contributed by atoms with van der Waals surface area (Å²) in [6, 6.07) is 0. The zero-order valence-electron chi connectivity index (χ0n) is 3.81. The van der Waals surface area contributed by atoms with Gasteiger partial charge in [-0.05, 0) is 13.1 Å². The van der Waals surface area contributed by atoms with Crippen molar-refractivity contribution in [2.75, 3.05) is 0 Å². The molecule has 0 radical (unpaired) electrons. The van der Waals surface area contributed by atoms with Crippen LogP contribution >= 0.6 is 0 Å². The maximum atomic E-state index is 8.40. The van der Waals surface area contributed by atoms with Gasteiger partial charge in [0.2, 0.25) is 0 Å². The third-order valence-corrected chi connectivity index (χ3v) is 0.459. The highest BCUT2D eigenvalue weighted by Gasteiger charge is 1.85. The first-order chi connectivity index (χ1) is 2.77. The number of aliphatic hydroxyl groups is 1. The predicted molar refractivity (Wildman–Crippen MR) is 25.1 cm³/mol. The summed E-state index contributed by atoms with van der Waals surface area (Å²) in [6.07, 6.45) is 1.33. The number of hydrogen-bond acceptors (Lipinski definition) is 2. The van der Waals surface area contributed by atoms with E-state index in [-0.39, 0.29) is 6.10 Å². The Balaban J connectivity index is 2.81. The third-order valence-electron chi connectivity index (χ3n) is 0.459. The highest BCUT2D eigenvalue weighted by molar-refractivity contribution is 5.53. The molecule has 2 heteroatoms. The summed E-state index contributed by atoms with van der Waals surface area (Å²) in [5.41, 5.74) is 0. The summed E-state index contributed by atoms with van der Waals surface area (Å²) in [6.45, 7) is 1.66. The van der Waals surface area contributed by atoms with E-state index in [1.165, 1.54) is 6.21 Å². The summed E-state index contributed by atoms with van der Waals surface area (Å²) in [5, 5.41) is 14.8. The Morgan fingerprint density at radius 1 is 2.00 bits per heavy atom. The van der Waals surface area contributed by atoms with Gasteiger partial charge in [-0.3, -0.25) is 0 Å². The molecule has 6 heavy (non-hydrogen) atoms. The van der Waals surface area contributed by atoms with Crippen molar-refractivity contribution in [3.05, 3.63) is 0 Å². The van der Waals surface area contributed by atoms with Crippen LogP contribution in [0.4, 0.5) is 0 Å². The monoisotopic (exact) mass is 87.1 g/mol. The van der Waals surface area contributed by atoms with E-state index >= 15 is 0 Å². The molecule has 0 fully saturated rings. The predicted octanol–water partition coefficient (Wildman–Crippen LogP) is 0.407. The fourth-order valence-electron chi connectivity index (χ4n) is 0.171. The van der Waals surface area contributed by atoms with Crippen molar-refractivity contribution < 1.29 is 5.11 Å². The molecule has 0 saturated heterocycles. The average molecular weight is 87.1 g/mol. The lowest BCUT2D eigenvalue weighted by Gasteiger charge is -1.91. The molecule has 36 valence electrons. The van der Waals surface area contributed by atoms with Crippen LogP contribution in [0, 0.1) is 5.41 Å². The molecule has 1 unspecified atom stereocenters. The van der Waals surface area contributed by atoms with Crippen molar-refractivity contribution in [2.24, 2.45) is 0 Å². The average Bonchev–Trinajstić information content (AvgIpc) is 1.35. The third kappa shape index (κ3) is 3.63. The lowest BCUT2D eigenvalue weighted by Crippen LogP contribution is -1.97. The van der Waals surface area contributed by atoms with Gasteiger partial charge in [-0.15, -0.1) is 0 Å². The fraction of sp³-hybridized carbons (Fsp3) is 0.750. The maximum absolute atomic E-state index is 8.40. The minimum atomic E-state index is -0.345. The molecule has 0 aliphatic heterocycles. The number of nitrogens with one attached hydrogen (secondary N) is 1. The summed E-state index contributed by atoms with van der Waals surface area (Å²) < 4.78 is 0. The van der Waals surface area contributed by atoms with Crippen LogP contribution in [0.25, 0.3) is 0 Å². The second kappa shape index (κ2) is 2.85. The minimum Gasteiger partial charge on any atom is -0.393 e.